The highest BCUT2D eigenvalue weighted by molar-refractivity contribution is 6.02. The van der Waals surface area contributed by atoms with Gasteiger partial charge in [-0.1, -0.05) is 60.7 Å². The fourth-order valence-electron chi connectivity index (χ4n) is 5.67. The van der Waals surface area contributed by atoms with Crippen LogP contribution in [0, 0.1) is 0 Å². The van der Waals surface area contributed by atoms with Gasteiger partial charge in [0.25, 0.3) is 5.91 Å². The van der Waals surface area contributed by atoms with Crippen molar-refractivity contribution in [1.29, 1.82) is 0 Å². The summed E-state index contributed by atoms with van der Waals surface area (Å²) in [5, 5.41) is 4.26. The normalized spacial score (nSPS) is 16.6. The topological polar surface area (TPSA) is 57.6 Å². The van der Waals surface area contributed by atoms with Gasteiger partial charge in [-0.2, -0.15) is 0 Å². The van der Waals surface area contributed by atoms with Crippen molar-refractivity contribution >= 4 is 28.4 Å². The first-order valence-corrected chi connectivity index (χ1v) is 12.2. The number of carbonyl (C=O) groups is 2. The van der Waals surface area contributed by atoms with Gasteiger partial charge in [0.2, 0.25) is 5.91 Å². The Morgan fingerprint density at radius 1 is 0.971 bits per heavy atom. The Balaban J connectivity index is 1.35. The molecular weight excluding hydrogens is 436 g/mol. The lowest BCUT2D eigenvalue weighted by atomic mass is 9.96. The molecule has 0 saturated carbocycles. The minimum Gasteiger partial charge on any atom is -0.354 e. The fraction of sp³-hybridized carbons (Fsp3) is 0.241. The minimum absolute atomic E-state index is 0.0215. The van der Waals surface area contributed by atoms with Gasteiger partial charge in [0.05, 0.1) is 16.9 Å². The van der Waals surface area contributed by atoms with Crippen LogP contribution in [0.15, 0.2) is 78.9 Å². The monoisotopic (exact) mass is 464 g/mol. The zero-order valence-electron chi connectivity index (χ0n) is 19.8. The molecule has 35 heavy (non-hydrogen) atoms. The summed E-state index contributed by atoms with van der Waals surface area (Å²) in [6, 6.07) is 26.2. The summed E-state index contributed by atoms with van der Waals surface area (Å²) < 4.78 is 2.12. The molecule has 0 unspecified atom stereocenters. The fourth-order valence-corrected chi connectivity index (χ4v) is 5.67. The Labute approximate surface area is 204 Å². The van der Waals surface area contributed by atoms with E-state index in [1.807, 2.05) is 66.5 Å². The molecular formula is C29H28N4O2. The van der Waals surface area contributed by atoms with Gasteiger partial charge in [-0.15, -0.1) is 0 Å². The molecule has 1 N–H and O–H groups in total. The Morgan fingerprint density at radius 2 is 1.71 bits per heavy atom. The van der Waals surface area contributed by atoms with Crippen LogP contribution in [-0.4, -0.2) is 41.4 Å². The quantitative estimate of drug-likeness (QED) is 0.483. The van der Waals surface area contributed by atoms with Crippen molar-refractivity contribution < 1.29 is 9.59 Å². The van der Waals surface area contributed by atoms with Crippen LogP contribution in [0.1, 0.15) is 33.3 Å². The Morgan fingerprint density at radius 3 is 2.57 bits per heavy atom. The molecule has 4 aromatic rings. The predicted octanol–water partition coefficient (Wildman–Crippen LogP) is 4.15. The number of hydrogen-bond acceptors (Lipinski definition) is 3. The van der Waals surface area contributed by atoms with Gasteiger partial charge in [-0.25, -0.2) is 0 Å². The van der Waals surface area contributed by atoms with Gasteiger partial charge < -0.3 is 19.7 Å². The molecule has 0 spiro atoms. The number of amides is 2. The zero-order chi connectivity index (χ0) is 23.9. The number of fused-ring (bicyclic) bond motifs is 6. The van der Waals surface area contributed by atoms with E-state index in [9.17, 15) is 9.59 Å². The highest BCUT2D eigenvalue weighted by Gasteiger charge is 2.42. The number of benzene rings is 3. The molecule has 0 aliphatic carbocycles. The van der Waals surface area contributed by atoms with E-state index in [1.165, 1.54) is 16.5 Å². The van der Waals surface area contributed by atoms with Crippen molar-refractivity contribution in [2.45, 2.75) is 25.6 Å². The molecule has 2 aliphatic heterocycles. The number of anilines is 1. The van der Waals surface area contributed by atoms with Gasteiger partial charge in [-0.05, 0) is 42.2 Å². The van der Waals surface area contributed by atoms with Crippen LogP contribution in [0.5, 0.6) is 0 Å². The lowest BCUT2D eigenvalue weighted by Gasteiger charge is -2.46. The second-order valence-corrected chi connectivity index (χ2v) is 9.30. The molecule has 1 atom stereocenters. The average Bonchev–Trinajstić information content (AvgIpc) is 3.21. The molecule has 0 saturated heterocycles. The smallest absolute Gasteiger partial charge is 0.257 e. The standard InChI is InChI=1S/C29H28N4O2/c1-31-24-13-7-6-12-23(24)29(35)32-18-16-22-21-11-5-8-14-25(21)33(27(22)28(31)32)19-26(34)30-17-15-20-9-3-2-4-10-20/h2-14,28H,15-19H2,1H3,(H,30,34)/t28-/m0/s1. The molecule has 6 rings (SSSR count). The van der Waals surface area contributed by atoms with Crippen molar-refractivity contribution in [2.75, 3.05) is 25.0 Å². The third-order valence-electron chi connectivity index (χ3n) is 7.28. The summed E-state index contributed by atoms with van der Waals surface area (Å²) in [7, 11) is 2.04. The zero-order valence-corrected chi connectivity index (χ0v) is 19.8. The molecule has 0 radical (unpaired) electrons. The number of nitrogens with zero attached hydrogens (tertiary/aromatic N) is 3. The first-order valence-electron chi connectivity index (χ1n) is 12.2. The van der Waals surface area contributed by atoms with Crippen molar-refractivity contribution in [3.05, 3.63) is 101 Å². The first kappa shape index (κ1) is 21.5. The molecule has 3 aromatic carbocycles. The Bertz CT molecular complexity index is 1430. The molecule has 0 fully saturated rings. The van der Waals surface area contributed by atoms with E-state index in [0.29, 0.717) is 13.1 Å². The van der Waals surface area contributed by atoms with Gasteiger partial charge in [0.15, 0.2) is 0 Å². The maximum atomic E-state index is 13.4. The number of rotatable bonds is 5. The molecule has 0 bridgehead atoms. The Hall–Kier alpha value is -4.06. The van der Waals surface area contributed by atoms with E-state index in [0.717, 1.165) is 35.3 Å². The minimum atomic E-state index is -0.245. The van der Waals surface area contributed by atoms with E-state index in [-0.39, 0.29) is 24.5 Å². The highest BCUT2D eigenvalue weighted by Crippen LogP contribution is 2.44. The SMILES string of the molecule is CN1c2ccccc2C(=O)N2CCc3c(n(CC(=O)NCCc4ccccc4)c4ccccc34)[C@H]21. The van der Waals surface area contributed by atoms with Crippen LogP contribution in [0.2, 0.25) is 0 Å². The maximum absolute atomic E-state index is 13.4. The third-order valence-corrected chi connectivity index (χ3v) is 7.28. The van der Waals surface area contributed by atoms with E-state index >= 15 is 0 Å². The molecule has 3 heterocycles. The summed E-state index contributed by atoms with van der Waals surface area (Å²) in [5.74, 6) is 0.0327. The van der Waals surface area contributed by atoms with E-state index in [4.69, 9.17) is 0 Å². The van der Waals surface area contributed by atoms with Crippen LogP contribution in [0.25, 0.3) is 10.9 Å². The predicted molar refractivity (Wildman–Crippen MR) is 137 cm³/mol. The summed E-state index contributed by atoms with van der Waals surface area (Å²) in [6.45, 7) is 1.47. The number of carbonyl (C=O) groups excluding carboxylic acids is 2. The summed E-state index contributed by atoms with van der Waals surface area (Å²) in [4.78, 5) is 30.7. The lowest BCUT2D eigenvalue weighted by Crippen LogP contribution is -2.51. The van der Waals surface area contributed by atoms with E-state index in [2.05, 4.69) is 39.0 Å². The van der Waals surface area contributed by atoms with Gasteiger partial charge >= 0.3 is 0 Å². The number of aromatic nitrogens is 1. The summed E-state index contributed by atoms with van der Waals surface area (Å²) >= 11 is 0. The summed E-state index contributed by atoms with van der Waals surface area (Å²) in [5.41, 5.74) is 6.18. The van der Waals surface area contributed by atoms with E-state index in [1.54, 1.807) is 0 Å². The van der Waals surface area contributed by atoms with Crippen LogP contribution in [-0.2, 0) is 24.2 Å². The lowest BCUT2D eigenvalue weighted by molar-refractivity contribution is -0.121. The molecule has 176 valence electrons. The summed E-state index contributed by atoms with van der Waals surface area (Å²) in [6.07, 6.45) is 1.32. The van der Waals surface area contributed by atoms with Gasteiger partial charge in [-0.3, -0.25) is 9.59 Å². The van der Waals surface area contributed by atoms with Crippen LogP contribution >= 0.6 is 0 Å². The van der Waals surface area contributed by atoms with Crippen molar-refractivity contribution in [3.8, 4) is 0 Å². The van der Waals surface area contributed by atoms with Crippen molar-refractivity contribution in [3.63, 3.8) is 0 Å². The van der Waals surface area contributed by atoms with Crippen molar-refractivity contribution in [1.82, 2.24) is 14.8 Å². The molecule has 2 amide bonds. The largest absolute Gasteiger partial charge is 0.354 e. The molecule has 6 heteroatoms. The first-order chi connectivity index (χ1) is 17.1. The molecule has 6 nitrogen and oxygen atoms in total. The van der Waals surface area contributed by atoms with Crippen molar-refractivity contribution in [2.24, 2.45) is 0 Å². The van der Waals surface area contributed by atoms with Gasteiger partial charge in [0, 0.05) is 31.0 Å². The molecule has 2 aliphatic rings. The second-order valence-electron chi connectivity index (χ2n) is 9.30. The third kappa shape index (κ3) is 3.57. The average molecular weight is 465 g/mol. The van der Waals surface area contributed by atoms with Gasteiger partial charge in [0.1, 0.15) is 12.7 Å². The molecule has 1 aromatic heterocycles. The number of para-hydroxylation sites is 2. The second kappa shape index (κ2) is 8.62. The van der Waals surface area contributed by atoms with Crippen LogP contribution < -0.4 is 10.2 Å². The number of nitrogens with one attached hydrogen (secondary N) is 1. The highest BCUT2D eigenvalue weighted by atomic mass is 16.2. The van der Waals surface area contributed by atoms with E-state index < -0.39 is 0 Å². The van der Waals surface area contributed by atoms with Crippen LogP contribution in [0.3, 0.4) is 0 Å². The Kier molecular flexibility index (Phi) is 5.29. The van der Waals surface area contributed by atoms with Crippen LogP contribution in [0.4, 0.5) is 5.69 Å². The maximum Gasteiger partial charge on any atom is 0.257 e. The number of hydrogen-bond donors (Lipinski definition) is 1.